The Morgan fingerprint density at radius 3 is 2.71 bits per heavy atom. The molecule has 1 saturated heterocycles. The quantitative estimate of drug-likeness (QED) is 0.803. The van der Waals surface area contributed by atoms with Crippen LogP contribution in [-0.4, -0.2) is 60.0 Å². The molecule has 0 radical (unpaired) electrons. The molecule has 1 aromatic rings. The number of hydrogen-bond acceptors (Lipinski definition) is 4. The van der Waals surface area contributed by atoms with E-state index in [2.05, 4.69) is 15.3 Å². The number of rotatable bonds is 7. The Morgan fingerprint density at radius 2 is 2.08 bits per heavy atom. The number of halogens is 3. The Labute approximate surface area is 144 Å². The van der Waals surface area contributed by atoms with Crippen molar-refractivity contribution in [3.63, 3.8) is 0 Å². The van der Waals surface area contributed by atoms with Crippen molar-refractivity contribution in [2.24, 2.45) is 0 Å². The number of amides is 1. The van der Waals surface area contributed by atoms with E-state index in [1.807, 2.05) is 0 Å². The molecule has 24 heavy (non-hydrogen) atoms. The van der Waals surface area contributed by atoms with Crippen molar-refractivity contribution in [2.45, 2.75) is 31.7 Å². The Bertz CT molecular complexity index is 586. The third kappa shape index (κ3) is 4.23. The van der Waals surface area contributed by atoms with E-state index >= 15 is 0 Å². The molecular weight excluding hydrogens is 342 g/mol. The van der Waals surface area contributed by atoms with E-state index in [-0.39, 0.29) is 23.4 Å². The first-order valence-electron chi connectivity index (χ1n) is 8.17. The zero-order valence-corrected chi connectivity index (χ0v) is 14.1. The maximum absolute atomic E-state index is 13.0. The van der Waals surface area contributed by atoms with Crippen molar-refractivity contribution in [2.75, 3.05) is 39.4 Å². The van der Waals surface area contributed by atoms with E-state index in [0.717, 1.165) is 32.5 Å². The molecule has 1 saturated carbocycles. The smallest absolute Gasteiger partial charge is 0.283 e. The molecule has 0 aromatic carbocycles. The van der Waals surface area contributed by atoms with E-state index in [0.29, 0.717) is 25.5 Å². The first-order chi connectivity index (χ1) is 11.6. The lowest BCUT2D eigenvalue weighted by molar-refractivity contribution is -0.122. The highest BCUT2D eigenvalue weighted by Crippen LogP contribution is 2.45. The zero-order chi connectivity index (χ0) is 17.1. The molecule has 6 nitrogen and oxygen atoms in total. The van der Waals surface area contributed by atoms with Gasteiger partial charge in [-0.25, -0.2) is 8.78 Å². The molecule has 0 unspecified atom stereocenters. The van der Waals surface area contributed by atoms with Gasteiger partial charge in [0, 0.05) is 32.1 Å². The molecule has 1 aromatic heterocycles. The number of morpholine rings is 1. The fourth-order valence-corrected chi connectivity index (χ4v) is 3.22. The summed E-state index contributed by atoms with van der Waals surface area (Å²) in [4.78, 5) is 14.3. The third-order valence-corrected chi connectivity index (χ3v) is 4.66. The highest BCUT2D eigenvalue weighted by atomic mass is 35.5. The predicted octanol–water partition coefficient (Wildman–Crippen LogP) is 1.80. The molecule has 1 aliphatic heterocycles. The van der Waals surface area contributed by atoms with Crippen LogP contribution >= 0.6 is 11.6 Å². The first-order valence-corrected chi connectivity index (χ1v) is 8.55. The summed E-state index contributed by atoms with van der Waals surface area (Å²) in [6, 6.07) is 0. The molecule has 9 heteroatoms. The minimum absolute atomic E-state index is 0.00798. The highest BCUT2D eigenvalue weighted by Gasteiger charge is 2.34. The number of aromatic nitrogens is 2. The molecule has 1 aliphatic carbocycles. The van der Waals surface area contributed by atoms with Gasteiger partial charge in [0.05, 0.1) is 23.9 Å². The molecule has 2 fully saturated rings. The van der Waals surface area contributed by atoms with E-state index in [4.69, 9.17) is 16.3 Å². The Kier molecular flexibility index (Phi) is 5.68. The van der Waals surface area contributed by atoms with Crippen molar-refractivity contribution >= 4 is 17.5 Å². The van der Waals surface area contributed by atoms with Gasteiger partial charge in [-0.15, -0.1) is 0 Å². The van der Waals surface area contributed by atoms with Crippen LogP contribution in [0.2, 0.25) is 5.02 Å². The fourth-order valence-electron chi connectivity index (χ4n) is 2.85. The second-order valence-corrected chi connectivity index (χ2v) is 6.50. The average molecular weight is 363 g/mol. The predicted molar refractivity (Wildman–Crippen MR) is 84.4 cm³/mol. The van der Waals surface area contributed by atoms with Crippen LogP contribution in [0, 0.1) is 0 Å². The summed E-state index contributed by atoms with van der Waals surface area (Å²) in [6.45, 7) is 4.30. The zero-order valence-electron chi connectivity index (χ0n) is 13.3. The number of nitrogens with zero attached hydrogens (tertiary/aromatic N) is 3. The molecule has 3 rings (SSSR count). The van der Waals surface area contributed by atoms with Crippen molar-refractivity contribution in [3.8, 4) is 0 Å². The van der Waals surface area contributed by atoms with Crippen molar-refractivity contribution < 1.29 is 18.3 Å². The molecule has 0 spiro atoms. The van der Waals surface area contributed by atoms with Gasteiger partial charge in [-0.3, -0.25) is 14.4 Å². The largest absolute Gasteiger partial charge is 0.379 e. The minimum Gasteiger partial charge on any atom is -0.379 e. The molecule has 1 amide bonds. The lowest BCUT2D eigenvalue weighted by Crippen LogP contribution is -2.42. The van der Waals surface area contributed by atoms with Gasteiger partial charge in [0.2, 0.25) is 5.91 Å². The maximum atomic E-state index is 13.0. The van der Waals surface area contributed by atoms with Crippen LogP contribution in [0.3, 0.4) is 0 Å². The van der Waals surface area contributed by atoms with Gasteiger partial charge in [0.25, 0.3) is 6.43 Å². The average Bonchev–Trinajstić information content (AvgIpc) is 3.33. The van der Waals surface area contributed by atoms with E-state index in [1.165, 1.54) is 4.68 Å². The standard InChI is InChI=1S/C15H21ClF2N4O2/c16-12-13(15(17)18)20-22(14(12)10-1-2-10)9-11(23)19-3-4-21-5-7-24-8-6-21/h10,15H,1-9H2,(H,19,23). The summed E-state index contributed by atoms with van der Waals surface area (Å²) in [5.74, 6) is -0.108. The number of ether oxygens (including phenoxy) is 1. The molecule has 0 atom stereocenters. The summed E-state index contributed by atoms with van der Waals surface area (Å²) in [6.07, 6.45) is -0.944. The van der Waals surface area contributed by atoms with Crippen LogP contribution < -0.4 is 5.32 Å². The van der Waals surface area contributed by atoms with Crippen molar-refractivity contribution in [1.29, 1.82) is 0 Å². The van der Waals surface area contributed by atoms with Crippen molar-refractivity contribution in [3.05, 3.63) is 16.4 Å². The van der Waals surface area contributed by atoms with Crippen LogP contribution in [0.25, 0.3) is 0 Å². The van der Waals surface area contributed by atoms with Crippen LogP contribution in [0.1, 0.15) is 36.6 Å². The molecule has 2 heterocycles. The van der Waals surface area contributed by atoms with Crippen LogP contribution in [0.15, 0.2) is 0 Å². The summed E-state index contributed by atoms with van der Waals surface area (Å²) in [5.41, 5.74) is 0.134. The molecular formula is C15H21ClF2N4O2. The lowest BCUT2D eigenvalue weighted by Gasteiger charge is -2.26. The second-order valence-electron chi connectivity index (χ2n) is 6.12. The number of hydrogen-bond donors (Lipinski definition) is 1. The third-order valence-electron chi connectivity index (χ3n) is 4.27. The lowest BCUT2D eigenvalue weighted by atomic mass is 10.2. The summed E-state index contributed by atoms with van der Waals surface area (Å²) in [7, 11) is 0. The van der Waals surface area contributed by atoms with Crippen LogP contribution in [-0.2, 0) is 16.1 Å². The first kappa shape index (κ1) is 17.6. The number of carbonyl (C=O) groups is 1. The SMILES string of the molecule is O=C(Cn1nc(C(F)F)c(Cl)c1C1CC1)NCCN1CCOCC1. The Hall–Kier alpha value is -1.25. The van der Waals surface area contributed by atoms with Crippen LogP contribution in [0.5, 0.6) is 0 Å². The molecule has 0 bridgehead atoms. The molecule has 134 valence electrons. The minimum atomic E-state index is -2.74. The monoisotopic (exact) mass is 362 g/mol. The summed E-state index contributed by atoms with van der Waals surface area (Å²) >= 11 is 6.04. The topological polar surface area (TPSA) is 59.4 Å². The van der Waals surface area contributed by atoms with Crippen LogP contribution in [0.4, 0.5) is 8.78 Å². The number of nitrogens with one attached hydrogen (secondary N) is 1. The van der Waals surface area contributed by atoms with Gasteiger partial charge in [0.1, 0.15) is 12.2 Å². The normalized spacial score (nSPS) is 19.0. The van der Waals surface area contributed by atoms with Gasteiger partial charge >= 0.3 is 0 Å². The van der Waals surface area contributed by atoms with Gasteiger partial charge < -0.3 is 10.1 Å². The fraction of sp³-hybridized carbons (Fsp3) is 0.733. The van der Waals surface area contributed by atoms with Crippen molar-refractivity contribution in [1.82, 2.24) is 20.0 Å². The van der Waals surface area contributed by atoms with E-state index < -0.39 is 12.1 Å². The van der Waals surface area contributed by atoms with Gasteiger partial charge in [-0.2, -0.15) is 5.10 Å². The summed E-state index contributed by atoms with van der Waals surface area (Å²) in [5, 5.41) is 6.67. The van der Waals surface area contributed by atoms with Gasteiger partial charge in [-0.1, -0.05) is 11.6 Å². The van der Waals surface area contributed by atoms with E-state index in [9.17, 15) is 13.6 Å². The number of alkyl halides is 2. The maximum Gasteiger partial charge on any atom is 0.283 e. The highest BCUT2D eigenvalue weighted by molar-refractivity contribution is 6.32. The second kappa shape index (κ2) is 7.76. The number of carbonyl (C=O) groups excluding carboxylic acids is 1. The Morgan fingerprint density at radius 1 is 1.38 bits per heavy atom. The molecule has 2 aliphatic rings. The van der Waals surface area contributed by atoms with E-state index in [1.54, 1.807) is 0 Å². The molecule has 1 N–H and O–H groups in total. The summed E-state index contributed by atoms with van der Waals surface area (Å²) < 4.78 is 32.6. The van der Waals surface area contributed by atoms with Gasteiger partial charge in [-0.05, 0) is 12.8 Å². The Balaban J connectivity index is 1.54. The van der Waals surface area contributed by atoms with Gasteiger partial charge in [0.15, 0.2) is 0 Å².